The van der Waals surface area contributed by atoms with Crippen LogP contribution in [-0.4, -0.2) is 27.7 Å². The Hall–Kier alpha value is -2.15. The summed E-state index contributed by atoms with van der Waals surface area (Å²) in [5, 5.41) is 0. The van der Waals surface area contributed by atoms with Crippen molar-refractivity contribution >= 4 is 34.4 Å². The predicted octanol–water partition coefficient (Wildman–Crippen LogP) is 4.66. The molecule has 27 heavy (non-hydrogen) atoms. The smallest absolute Gasteiger partial charge is 0.259 e. The molecule has 4 nitrogen and oxygen atoms in total. The van der Waals surface area contributed by atoms with Crippen LogP contribution in [0, 0.1) is 9.49 Å². The first kappa shape index (κ1) is 19.6. The van der Waals surface area contributed by atoms with E-state index in [0.29, 0.717) is 12.1 Å². The Balaban J connectivity index is 1.97. The van der Waals surface area contributed by atoms with Gasteiger partial charge in [-0.1, -0.05) is 56.3 Å². The van der Waals surface area contributed by atoms with Crippen molar-refractivity contribution in [2.45, 2.75) is 33.4 Å². The lowest BCUT2D eigenvalue weighted by molar-refractivity contribution is -0.137. The Morgan fingerprint density at radius 1 is 1.07 bits per heavy atom. The third kappa shape index (κ3) is 4.08. The highest BCUT2D eigenvalue weighted by atomic mass is 127. The summed E-state index contributed by atoms with van der Waals surface area (Å²) in [6.45, 7) is 6.35. The summed E-state index contributed by atoms with van der Waals surface area (Å²) in [7, 11) is 0. The lowest BCUT2D eigenvalue weighted by Gasteiger charge is -2.40. The highest BCUT2D eigenvalue weighted by molar-refractivity contribution is 14.1. The molecular formula is C22H23IN2O2. The summed E-state index contributed by atoms with van der Waals surface area (Å²) < 4.78 is 0.882. The second-order valence-electron chi connectivity index (χ2n) is 7.06. The number of hydrogen-bond donors (Lipinski definition) is 0. The Morgan fingerprint density at radius 2 is 1.70 bits per heavy atom. The first-order chi connectivity index (χ1) is 12.9. The van der Waals surface area contributed by atoms with Gasteiger partial charge in [-0.05, 0) is 53.1 Å². The number of amides is 2. The van der Waals surface area contributed by atoms with Crippen molar-refractivity contribution in [2.75, 3.05) is 0 Å². The zero-order chi connectivity index (χ0) is 19.6. The second kappa shape index (κ2) is 8.25. The lowest BCUT2D eigenvalue weighted by atomic mass is 9.97. The van der Waals surface area contributed by atoms with Gasteiger partial charge in [-0.15, -0.1) is 0 Å². The molecule has 0 bridgehead atoms. The van der Waals surface area contributed by atoms with E-state index in [9.17, 15) is 9.59 Å². The molecule has 0 N–H and O–H groups in total. The maximum Gasteiger partial charge on any atom is 0.259 e. The minimum Gasteiger partial charge on any atom is -0.309 e. The van der Waals surface area contributed by atoms with E-state index in [1.54, 1.807) is 9.80 Å². The Morgan fingerprint density at radius 3 is 2.33 bits per heavy atom. The molecule has 5 heteroatoms. The average Bonchev–Trinajstić information content (AvgIpc) is 2.65. The van der Waals surface area contributed by atoms with Crippen molar-refractivity contribution < 1.29 is 9.59 Å². The van der Waals surface area contributed by atoms with Crippen LogP contribution in [0.25, 0.3) is 0 Å². The third-order valence-electron chi connectivity index (χ3n) is 4.72. The minimum atomic E-state index is -0.513. The van der Waals surface area contributed by atoms with Gasteiger partial charge in [0.05, 0.1) is 12.1 Å². The topological polar surface area (TPSA) is 40.6 Å². The molecule has 1 heterocycles. The summed E-state index contributed by atoms with van der Waals surface area (Å²) in [6, 6.07) is 16.9. The van der Waals surface area contributed by atoms with Gasteiger partial charge >= 0.3 is 0 Å². The summed E-state index contributed by atoms with van der Waals surface area (Å²) in [5.41, 5.74) is 2.47. The Kier molecular flexibility index (Phi) is 5.99. The fourth-order valence-electron chi connectivity index (χ4n) is 3.34. The van der Waals surface area contributed by atoms with Crippen molar-refractivity contribution in [1.82, 2.24) is 9.80 Å². The molecule has 1 unspecified atom stereocenters. The van der Waals surface area contributed by atoms with Crippen LogP contribution in [0.4, 0.5) is 0 Å². The quantitative estimate of drug-likeness (QED) is 0.605. The molecule has 0 aliphatic carbocycles. The highest BCUT2D eigenvalue weighted by Crippen LogP contribution is 2.28. The molecule has 2 aromatic rings. The molecule has 0 saturated heterocycles. The fraction of sp³-hybridized carbons (Fsp3) is 0.273. The number of hydrogen-bond acceptors (Lipinski definition) is 2. The lowest BCUT2D eigenvalue weighted by Crippen LogP contribution is -2.54. The zero-order valence-electron chi connectivity index (χ0n) is 15.7. The van der Waals surface area contributed by atoms with Crippen LogP contribution in [0.15, 0.2) is 66.5 Å². The molecule has 2 aromatic carbocycles. The van der Waals surface area contributed by atoms with Gasteiger partial charge in [-0.3, -0.25) is 9.59 Å². The van der Waals surface area contributed by atoms with Gasteiger partial charge in [0.2, 0.25) is 0 Å². The van der Waals surface area contributed by atoms with E-state index in [0.717, 1.165) is 14.8 Å². The van der Waals surface area contributed by atoms with Gasteiger partial charge < -0.3 is 9.80 Å². The third-order valence-corrected chi connectivity index (χ3v) is 5.66. The Labute approximate surface area is 174 Å². The van der Waals surface area contributed by atoms with Crippen LogP contribution in [-0.2, 0) is 11.3 Å². The van der Waals surface area contributed by atoms with Gasteiger partial charge in [0.25, 0.3) is 11.8 Å². The molecule has 2 amide bonds. The normalized spacial score (nSPS) is 17.3. The maximum atomic E-state index is 13.3. The monoisotopic (exact) mass is 474 g/mol. The van der Waals surface area contributed by atoms with Crippen LogP contribution in [0.5, 0.6) is 0 Å². The molecule has 1 atom stereocenters. The number of carbonyl (C=O) groups excluding carboxylic acids is 2. The van der Waals surface area contributed by atoms with Crippen LogP contribution in [0.2, 0.25) is 0 Å². The first-order valence-electron chi connectivity index (χ1n) is 9.01. The van der Waals surface area contributed by atoms with Gasteiger partial charge in [-0.2, -0.15) is 0 Å². The standard InChI is InChI=1S/C22H23IN2O2/c1-15(2)20-22(27)24(14-17-9-5-4-6-10-17)16(3)13-25(20)21(26)18-11-7-8-12-19(18)23/h4-13,15,20H,14H2,1-3H3. The second-order valence-corrected chi connectivity index (χ2v) is 8.22. The van der Waals surface area contributed by atoms with Crippen molar-refractivity contribution in [1.29, 1.82) is 0 Å². The van der Waals surface area contributed by atoms with Crippen molar-refractivity contribution in [3.05, 3.63) is 81.2 Å². The van der Waals surface area contributed by atoms with Crippen LogP contribution >= 0.6 is 22.6 Å². The highest BCUT2D eigenvalue weighted by Gasteiger charge is 2.39. The van der Waals surface area contributed by atoms with E-state index in [1.165, 1.54) is 0 Å². The van der Waals surface area contributed by atoms with E-state index in [2.05, 4.69) is 22.6 Å². The van der Waals surface area contributed by atoms with Gasteiger partial charge in [0.15, 0.2) is 0 Å². The van der Waals surface area contributed by atoms with Crippen molar-refractivity contribution in [3.8, 4) is 0 Å². The molecule has 3 rings (SSSR count). The molecule has 1 aliphatic rings. The average molecular weight is 474 g/mol. The molecule has 0 aromatic heterocycles. The summed E-state index contributed by atoms with van der Waals surface area (Å²) in [4.78, 5) is 29.9. The molecular weight excluding hydrogens is 451 g/mol. The molecule has 0 spiro atoms. The number of nitrogens with zero attached hydrogens (tertiary/aromatic N) is 2. The van der Waals surface area contributed by atoms with Crippen LogP contribution in [0.3, 0.4) is 0 Å². The van der Waals surface area contributed by atoms with E-state index in [4.69, 9.17) is 0 Å². The summed E-state index contributed by atoms with van der Waals surface area (Å²) in [6.07, 6.45) is 1.82. The summed E-state index contributed by atoms with van der Waals surface area (Å²) in [5.74, 6) is -0.163. The van der Waals surface area contributed by atoms with E-state index >= 15 is 0 Å². The van der Waals surface area contributed by atoms with Crippen LogP contribution < -0.4 is 0 Å². The van der Waals surface area contributed by atoms with Gasteiger partial charge in [0.1, 0.15) is 6.04 Å². The van der Waals surface area contributed by atoms with E-state index in [1.807, 2.05) is 81.6 Å². The number of benzene rings is 2. The number of allylic oxidation sites excluding steroid dienone is 1. The molecule has 0 fully saturated rings. The molecule has 0 radical (unpaired) electrons. The SMILES string of the molecule is CC1=CN(C(=O)c2ccccc2I)C(C(C)C)C(=O)N1Cc1ccccc1. The fourth-order valence-corrected chi connectivity index (χ4v) is 3.96. The summed E-state index contributed by atoms with van der Waals surface area (Å²) >= 11 is 2.16. The van der Waals surface area contributed by atoms with Crippen molar-refractivity contribution in [3.63, 3.8) is 0 Å². The van der Waals surface area contributed by atoms with E-state index in [-0.39, 0.29) is 17.7 Å². The van der Waals surface area contributed by atoms with Crippen molar-refractivity contribution in [2.24, 2.45) is 5.92 Å². The molecule has 140 valence electrons. The van der Waals surface area contributed by atoms with E-state index < -0.39 is 6.04 Å². The predicted molar refractivity (Wildman–Crippen MR) is 115 cm³/mol. The van der Waals surface area contributed by atoms with Gasteiger partial charge in [-0.25, -0.2) is 0 Å². The first-order valence-corrected chi connectivity index (χ1v) is 10.1. The number of carbonyl (C=O) groups is 2. The molecule has 1 aliphatic heterocycles. The molecule has 0 saturated carbocycles. The Bertz CT molecular complexity index is 877. The maximum absolute atomic E-state index is 13.3. The number of halogens is 1. The van der Waals surface area contributed by atoms with Gasteiger partial charge in [0, 0.05) is 15.5 Å². The zero-order valence-corrected chi connectivity index (χ0v) is 17.9. The largest absolute Gasteiger partial charge is 0.309 e. The van der Waals surface area contributed by atoms with Crippen LogP contribution in [0.1, 0.15) is 36.7 Å². The minimum absolute atomic E-state index is 0.00504. The number of rotatable bonds is 4.